The molecule has 0 saturated carbocycles. The first-order valence-corrected chi connectivity index (χ1v) is 12.5. The Labute approximate surface area is 224 Å². The summed E-state index contributed by atoms with van der Waals surface area (Å²) in [4.78, 5) is 25.2. The largest absolute Gasteiger partial charge is 0.436 e. The van der Waals surface area contributed by atoms with Crippen LogP contribution in [0.1, 0.15) is 11.3 Å². The van der Waals surface area contributed by atoms with Gasteiger partial charge >= 0.3 is 0 Å². The minimum absolute atomic E-state index is 0.119. The molecule has 0 unspecified atom stereocenters. The molecule has 194 valence electrons. The number of rotatable bonds is 5. The Bertz CT molecular complexity index is 1760. The maximum absolute atomic E-state index is 16.1. The molecular weight excluding hydrogens is 495 g/mol. The molecule has 6 rings (SSSR count). The molecular formula is C30H25FN6O2. The van der Waals surface area contributed by atoms with Crippen molar-refractivity contribution in [3.8, 4) is 34.0 Å². The molecule has 0 fully saturated rings. The number of halogens is 1. The molecule has 4 heterocycles. The van der Waals surface area contributed by atoms with E-state index in [-0.39, 0.29) is 11.7 Å². The van der Waals surface area contributed by atoms with Crippen molar-refractivity contribution in [1.29, 1.82) is 0 Å². The lowest BCUT2D eigenvalue weighted by molar-refractivity contribution is -0.111. The van der Waals surface area contributed by atoms with E-state index >= 15 is 4.39 Å². The Kier molecular flexibility index (Phi) is 6.03. The van der Waals surface area contributed by atoms with Gasteiger partial charge in [0.25, 0.3) is 0 Å². The Morgan fingerprint density at radius 1 is 1.15 bits per heavy atom. The van der Waals surface area contributed by atoms with Gasteiger partial charge in [-0.25, -0.2) is 19.3 Å². The molecule has 1 amide bonds. The summed E-state index contributed by atoms with van der Waals surface area (Å²) in [5.74, 6) is 0.436. The van der Waals surface area contributed by atoms with E-state index in [1.54, 1.807) is 12.1 Å². The highest BCUT2D eigenvalue weighted by atomic mass is 19.1. The van der Waals surface area contributed by atoms with Crippen molar-refractivity contribution in [3.63, 3.8) is 0 Å². The smallest absolute Gasteiger partial charge is 0.247 e. The molecule has 0 aliphatic carbocycles. The van der Waals surface area contributed by atoms with Crippen LogP contribution in [0.15, 0.2) is 73.6 Å². The fraction of sp³-hybridized carbons (Fsp3) is 0.133. The van der Waals surface area contributed by atoms with Gasteiger partial charge in [0.2, 0.25) is 11.8 Å². The molecule has 5 aromatic rings. The van der Waals surface area contributed by atoms with Crippen molar-refractivity contribution in [2.24, 2.45) is 7.05 Å². The Hall–Kier alpha value is -5.05. The molecule has 1 aliphatic rings. The number of benzene rings is 2. The summed E-state index contributed by atoms with van der Waals surface area (Å²) in [5.41, 5.74) is 5.99. The fourth-order valence-corrected chi connectivity index (χ4v) is 5.04. The van der Waals surface area contributed by atoms with Crippen LogP contribution in [0.3, 0.4) is 0 Å². The summed E-state index contributed by atoms with van der Waals surface area (Å²) in [6.07, 6.45) is 3.17. The number of anilines is 2. The number of nitrogens with zero attached hydrogens (tertiary/aromatic N) is 4. The predicted molar refractivity (Wildman–Crippen MR) is 149 cm³/mol. The van der Waals surface area contributed by atoms with Crippen molar-refractivity contribution in [2.75, 3.05) is 17.2 Å². The van der Waals surface area contributed by atoms with E-state index in [1.165, 1.54) is 12.4 Å². The first-order valence-electron chi connectivity index (χ1n) is 12.5. The average molecular weight is 521 g/mol. The Morgan fingerprint density at radius 3 is 2.74 bits per heavy atom. The number of carbonyl (C=O) groups is 1. The molecule has 1 aliphatic heterocycles. The molecule has 2 aromatic carbocycles. The van der Waals surface area contributed by atoms with Crippen molar-refractivity contribution < 1.29 is 13.9 Å². The highest BCUT2D eigenvalue weighted by Crippen LogP contribution is 2.46. The second-order valence-electron chi connectivity index (χ2n) is 9.27. The number of aromatic nitrogens is 4. The van der Waals surface area contributed by atoms with Gasteiger partial charge < -0.3 is 19.9 Å². The number of pyridine rings is 1. The van der Waals surface area contributed by atoms with Crippen molar-refractivity contribution >= 4 is 28.4 Å². The highest BCUT2D eigenvalue weighted by Gasteiger charge is 2.28. The molecule has 8 nitrogen and oxygen atoms in total. The van der Waals surface area contributed by atoms with E-state index in [2.05, 4.69) is 32.2 Å². The number of fused-ring (bicyclic) bond motifs is 2. The van der Waals surface area contributed by atoms with E-state index < -0.39 is 5.82 Å². The van der Waals surface area contributed by atoms with Crippen LogP contribution in [-0.2, 0) is 18.3 Å². The Morgan fingerprint density at radius 2 is 1.97 bits per heavy atom. The van der Waals surface area contributed by atoms with Crippen LogP contribution in [0.4, 0.5) is 15.9 Å². The second kappa shape index (κ2) is 9.68. The van der Waals surface area contributed by atoms with Gasteiger partial charge in [-0.3, -0.25) is 4.79 Å². The van der Waals surface area contributed by atoms with Crippen LogP contribution in [0.2, 0.25) is 0 Å². The zero-order valence-corrected chi connectivity index (χ0v) is 21.5. The van der Waals surface area contributed by atoms with Crippen LogP contribution >= 0.6 is 0 Å². The molecule has 3 aromatic heterocycles. The first kappa shape index (κ1) is 24.3. The molecule has 0 atom stereocenters. The SMILES string of the molecule is C=CC(=O)Nc1ccc(-c2c3c4c(ncnc4n2C)NCCc2c-3ccc(Oc3cccc(C)n3)c2F)cc1. The molecule has 9 heteroatoms. The van der Waals surface area contributed by atoms with Crippen molar-refractivity contribution in [2.45, 2.75) is 13.3 Å². The number of ether oxygens (including phenoxy) is 1. The lowest BCUT2D eigenvalue weighted by atomic mass is 9.91. The van der Waals surface area contributed by atoms with E-state index in [4.69, 9.17) is 4.74 Å². The van der Waals surface area contributed by atoms with Gasteiger partial charge in [-0.05, 0) is 54.8 Å². The zero-order valence-electron chi connectivity index (χ0n) is 21.5. The molecule has 0 radical (unpaired) electrons. The van der Waals surface area contributed by atoms with Crippen molar-refractivity contribution in [1.82, 2.24) is 19.5 Å². The van der Waals surface area contributed by atoms with E-state index in [0.29, 0.717) is 35.9 Å². The van der Waals surface area contributed by atoms with Crippen LogP contribution in [-0.4, -0.2) is 32.0 Å². The molecule has 39 heavy (non-hydrogen) atoms. The lowest BCUT2D eigenvalue weighted by Crippen LogP contribution is -2.12. The van der Waals surface area contributed by atoms with Gasteiger partial charge in [0, 0.05) is 42.2 Å². The minimum atomic E-state index is -0.427. The van der Waals surface area contributed by atoms with Crippen LogP contribution in [0, 0.1) is 12.7 Å². The van der Waals surface area contributed by atoms with Gasteiger partial charge in [0.15, 0.2) is 11.6 Å². The Balaban J connectivity index is 1.54. The third-order valence-electron chi connectivity index (χ3n) is 6.80. The van der Waals surface area contributed by atoms with Gasteiger partial charge in [0.05, 0.1) is 11.1 Å². The van der Waals surface area contributed by atoms with E-state index in [1.807, 2.05) is 61.0 Å². The van der Waals surface area contributed by atoms with Gasteiger partial charge in [-0.2, -0.15) is 0 Å². The maximum Gasteiger partial charge on any atom is 0.247 e. The topological polar surface area (TPSA) is 94.0 Å². The van der Waals surface area contributed by atoms with Gasteiger partial charge in [-0.1, -0.05) is 30.8 Å². The first-order chi connectivity index (χ1) is 18.9. The molecule has 0 bridgehead atoms. The van der Waals surface area contributed by atoms with Crippen molar-refractivity contribution in [3.05, 3.63) is 90.7 Å². The number of nitrogens with one attached hydrogen (secondary N) is 2. The van der Waals surface area contributed by atoms with Gasteiger partial charge in [0.1, 0.15) is 17.8 Å². The normalized spacial score (nSPS) is 12.2. The third kappa shape index (κ3) is 4.27. The van der Waals surface area contributed by atoms with Crippen LogP contribution in [0.5, 0.6) is 11.6 Å². The monoisotopic (exact) mass is 520 g/mol. The summed E-state index contributed by atoms with van der Waals surface area (Å²) in [5, 5.41) is 6.94. The maximum atomic E-state index is 16.1. The van der Waals surface area contributed by atoms with E-state index in [0.717, 1.165) is 39.1 Å². The summed E-state index contributed by atoms with van der Waals surface area (Å²) in [6, 6.07) is 16.4. The average Bonchev–Trinajstić information content (AvgIpc) is 3.22. The summed E-state index contributed by atoms with van der Waals surface area (Å²) >= 11 is 0. The standard InChI is InChI=1S/C30H25FN6O2/c1-4-23(38)36-19-10-8-18(9-11-19)28-25-20-12-13-22(39-24-7-5-6-17(2)35-24)27(31)21(20)14-15-32-29-26(25)30(37(28)3)34-16-33-29/h4-13,16H,1,14-15H2,2-3H3,(H,36,38)(H,32,33,34). The van der Waals surface area contributed by atoms with Crippen LogP contribution in [0.25, 0.3) is 33.4 Å². The van der Waals surface area contributed by atoms with Crippen LogP contribution < -0.4 is 15.4 Å². The lowest BCUT2D eigenvalue weighted by Gasteiger charge is -2.19. The second-order valence-corrected chi connectivity index (χ2v) is 9.27. The summed E-state index contributed by atoms with van der Waals surface area (Å²) in [6.45, 7) is 5.84. The number of hydrogen-bond acceptors (Lipinski definition) is 6. The predicted octanol–water partition coefficient (Wildman–Crippen LogP) is 6.03. The number of hydrogen-bond donors (Lipinski definition) is 2. The van der Waals surface area contributed by atoms with E-state index in [9.17, 15) is 4.79 Å². The number of aryl methyl sites for hydroxylation is 2. The minimum Gasteiger partial charge on any atom is -0.436 e. The third-order valence-corrected chi connectivity index (χ3v) is 6.80. The number of carbonyl (C=O) groups excluding carboxylic acids is 1. The summed E-state index contributed by atoms with van der Waals surface area (Å²) < 4.78 is 24.0. The zero-order chi connectivity index (χ0) is 27.1. The molecule has 0 spiro atoms. The number of amides is 1. The molecule has 2 N–H and O–H groups in total. The molecule has 0 saturated heterocycles. The fourth-order valence-electron chi connectivity index (χ4n) is 5.04. The quantitative estimate of drug-likeness (QED) is 0.275. The highest BCUT2D eigenvalue weighted by molar-refractivity contribution is 6.09. The van der Waals surface area contributed by atoms with Gasteiger partial charge in [-0.15, -0.1) is 0 Å². The summed E-state index contributed by atoms with van der Waals surface area (Å²) in [7, 11) is 1.93.